The van der Waals surface area contributed by atoms with Crippen molar-refractivity contribution in [2.45, 2.75) is 70.7 Å². The number of fused-ring (bicyclic) bond motifs is 2. The third kappa shape index (κ3) is 4.52. The van der Waals surface area contributed by atoms with Gasteiger partial charge < -0.3 is 14.4 Å². The van der Waals surface area contributed by atoms with Crippen LogP contribution in [0.4, 0.5) is 0 Å². The first-order valence-electron chi connectivity index (χ1n) is 10.1. The zero-order valence-electron chi connectivity index (χ0n) is 17.3. The molecule has 27 heavy (non-hydrogen) atoms. The van der Waals surface area contributed by atoms with E-state index < -0.39 is 5.60 Å². The Morgan fingerprint density at radius 3 is 2.63 bits per heavy atom. The quantitative estimate of drug-likeness (QED) is 0.421. The third-order valence-corrected chi connectivity index (χ3v) is 6.26. The fourth-order valence-corrected chi connectivity index (χ4v) is 4.36. The minimum absolute atomic E-state index is 0.00246. The summed E-state index contributed by atoms with van der Waals surface area (Å²) in [5.74, 6) is -0.471. The second-order valence-corrected chi connectivity index (χ2v) is 8.92. The summed E-state index contributed by atoms with van der Waals surface area (Å²) in [5, 5.41) is 0. The van der Waals surface area contributed by atoms with Gasteiger partial charge in [-0.05, 0) is 66.6 Å². The Kier molecular flexibility index (Phi) is 5.92. The summed E-state index contributed by atoms with van der Waals surface area (Å²) in [6.07, 6.45) is 8.13. The van der Waals surface area contributed by atoms with Crippen LogP contribution < -0.4 is 0 Å². The van der Waals surface area contributed by atoms with Gasteiger partial charge in [-0.1, -0.05) is 17.2 Å². The van der Waals surface area contributed by atoms with Gasteiger partial charge in [0.2, 0.25) is 0 Å². The number of esters is 1. The van der Waals surface area contributed by atoms with Crippen LogP contribution in [0, 0.1) is 11.8 Å². The third-order valence-electron chi connectivity index (χ3n) is 6.26. The van der Waals surface area contributed by atoms with Gasteiger partial charge >= 0.3 is 5.97 Å². The number of carbonyl (C=O) groups is 2. The lowest BCUT2D eigenvalue weighted by Crippen LogP contribution is -2.35. The minimum Gasteiger partial charge on any atom is -0.458 e. The molecule has 5 heteroatoms. The summed E-state index contributed by atoms with van der Waals surface area (Å²) < 4.78 is 11.5. The van der Waals surface area contributed by atoms with Gasteiger partial charge in [0.05, 0.1) is 12.0 Å². The van der Waals surface area contributed by atoms with Crippen molar-refractivity contribution in [2.75, 3.05) is 20.6 Å². The predicted molar refractivity (Wildman–Crippen MR) is 104 cm³/mol. The lowest BCUT2D eigenvalue weighted by Gasteiger charge is -2.22. The SMILES string of the molecule is C/C1=C\[C@H]2OC(=O)[C@H](CN(C)C)[C@@H]2CC(=O)[C@]2(C)O[C@H]2CC/C(C)=C/CC1. The molecule has 0 spiro atoms. The number of epoxide rings is 1. The molecule has 3 rings (SSSR count). The Balaban J connectivity index is 1.87. The molecule has 2 heterocycles. The molecule has 0 radical (unpaired) electrons. The molecule has 0 aromatic carbocycles. The van der Waals surface area contributed by atoms with E-state index in [-0.39, 0.29) is 35.8 Å². The van der Waals surface area contributed by atoms with Crippen LogP contribution in [0.2, 0.25) is 0 Å². The summed E-state index contributed by atoms with van der Waals surface area (Å²) >= 11 is 0. The summed E-state index contributed by atoms with van der Waals surface area (Å²) in [6, 6.07) is 0. The molecule has 0 bridgehead atoms. The van der Waals surface area contributed by atoms with Crippen molar-refractivity contribution in [1.82, 2.24) is 4.90 Å². The highest BCUT2D eigenvalue weighted by atomic mass is 16.6. The van der Waals surface area contributed by atoms with E-state index in [9.17, 15) is 9.59 Å². The largest absolute Gasteiger partial charge is 0.458 e. The number of rotatable bonds is 2. The van der Waals surface area contributed by atoms with Gasteiger partial charge in [-0.2, -0.15) is 0 Å². The van der Waals surface area contributed by atoms with Gasteiger partial charge in [0.25, 0.3) is 0 Å². The topological polar surface area (TPSA) is 59.1 Å². The highest BCUT2D eigenvalue weighted by molar-refractivity contribution is 5.91. The first kappa shape index (κ1) is 20.3. The fourth-order valence-electron chi connectivity index (χ4n) is 4.36. The molecule has 2 fully saturated rings. The summed E-state index contributed by atoms with van der Waals surface area (Å²) in [6.45, 7) is 6.73. The molecule has 2 saturated heterocycles. The highest BCUT2D eigenvalue weighted by Crippen LogP contribution is 2.44. The second kappa shape index (κ2) is 7.88. The predicted octanol–water partition coefficient (Wildman–Crippen LogP) is 3.29. The van der Waals surface area contributed by atoms with E-state index >= 15 is 0 Å². The first-order valence-corrected chi connectivity index (χ1v) is 10.1. The van der Waals surface area contributed by atoms with E-state index in [4.69, 9.17) is 9.47 Å². The standard InChI is InChI=1S/C22H33NO4/c1-14-7-6-8-15(2)11-18-16(17(13-23(4)5)21(25)26-18)12-19(24)22(3)20(27-22)10-9-14/h7,11,16-18,20H,6,8-10,12-13H2,1-5H3/b14-7+,15-11+/t16-,17+,18+,20-,22-/m0/s1. The highest BCUT2D eigenvalue weighted by Gasteiger charge is 2.58. The zero-order chi connectivity index (χ0) is 19.8. The number of allylic oxidation sites excluding steroid dienone is 3. The van der Waals surface area contributed by atoms with Crippen LogP contribution in [0.1, 0.15) is 52.9 Å². The monoisotopic (exact) mass is 375 g/mol. The minimum atomic E-state index is -0.692. The smallest absolute Gasteiger partial charge is 0.311 e. The van der Waals surface area contributed by atoms with Crippen LogP contribution in [0.15, 0.2) is 23.3 Å². The van der Waals surface area contributed by atoms with E-state index in [2.05, 4.69) is 26.0 Å². The van der Waals surface area contributed by atoms with E-state index in [1.54, 1.807) is 0 Å². The normalized spacial score (nSPS) is 41.6. The van der Waals surface area contributed by atoms with Crippen LogP contribution in [0.5, 0.6) is 0 Å². The molecule has 3 aliphatic rings. The summed E-state index contributed by atoms with van der Waals surface area (Å²) in [7, 11) is 3.89. The van der Waals surface area contributed by atoms with Crippen LogP contribution >= 0.6 is 0 Å². The van der Waals surface area contributed by atoms with Crippen molar-refractivity contribution < 1.29 is 19.1 Å². The van der Waals surface area contributed by atoms with Crippen molar-refractivity contribution in [3.8, 4) is 0 Å². The average Bonchev–Trinajstić information content (AvgIpc) is 3.18. The van der Waals surface area contributed by atoms with Gasteiger partial charge in [-0.3, -0.25) is 9.59 Å². The first-order chi connectivity index (χ1) is 12.7. The molecular weight excluding hydrogens is 342 g/mol. The fraction of sp³-hybridized carbons (Fsp3) is 0.727. The maximum atomic E-state index is 13.1. The van der Waals surface area contributed by atoms with E-state index in [1.165, 1.54) is 11.1 Å². The van der Waals surface area contributed by atoms with E-state index in [0.29, 0.717) is 13.0 Å². The number of hydrogen-bond acceptors (Lipinski definition) is 5. The van der Waals surface area contributed by atoms with Gasteiger partial charge in [0.1, 0.15) is 11.7 Å². The summed E-state index contributed by atoms with van der Waals surface area (Å²) in [4.78, 5) is 27.6. The zero-order valence-corrected chi connectivity index (χ0v) is 17.3. The average molecular weight is 376 g/mol. The van der Waals surface area contributed by atoms with Gasteiger partial charge in [0.15, 0.2) is 5.78 Å². The maximum Gasteiger partial charge on any atom is 0.311 e. The molecule has 1 aliphatic carbocycles. The number of Topliss-reactive ketones (excluding diaryl/α,β-unsaturated/α-hetero) is 1. The van der Waals surface area contributed by atoms with Crippen molar-refractivity contribution >= 4 is 11.8 Å². The molecule has 0 aromatic heterocycles. The number of ether oxygens (including phenoxy) is 2. The Morgan fingerprint density at radius 2 is 1.93 bits per heavy atom. The number of hydrogen-bond donors (Lipinski definition) is 0. The molecule has 0 unspecified atom stereocenters. The molecule has 0 N–H and O–H groups in total. The molecular formula is C22H33NO4. The van der Waals surface area contributed by atoms with Crippen LogP contribution in [0.25, 0.3) is 0 Å². The summed E-state index contributed by atoms with van der Waals surface area (Å²) in [5.41, 5.74) is 1.87. The molecule has 0 amide bonds. The molecule has 0 saturated carbocycles. The van der Waals surface area contributed by atoms with Crippen molar-refractivity contribution in [1.29, 1.82) is 0 Å². The Morgan fingerprint density at radius 1 is 1.19 bits per heavy atom. The second-order valence-electron chi connectivity index (χ2n) is 8.92. The molecule has 150 valence electrons. The van der Waals surface area contributed by atoms with E-state index in [0.717, 1.165) is 25.7 Å². The molecule has 5 atom stereocenters. The number of ketones is 1. The lowest BCUT2D eigenvalue weighted by atomic mass is 9.81. The maximum absolute atomic E-state index is 13.1. The lowest BCUT2D eigenvalue weighted by molar-refractivity contribution is -0.143. The van der Waals surface area contributed by atoms with Gasteiger partial charge in [0, 0.05) is 18.9 Å². The van der Waals surface area contributed by atoms with Crippen molar-refractivity contribution in [3.05, 3.63) is 23.3 Å². The molecule has 0 aromatic rings. The number of carbonyl (C=O) groups excluding carboxylic acids is 2. The Labute approximate surface area is 162 Å². The van der Waals surface area contributed by atoms with E-state index in [1.807, 2.05) is 25.9 Å². The molecule has 2 aliphatic heterocycles. The van der Waals surface area contributed by atoms with Crippen LogP contribution in [-0.2, 0) is 19.1 Å². The van der Waals surface area contributed by atoms with Gasteiger partial charge in [-0.25, -0.2) is 0 Å². The Bertz CT molecular complexity index is 665. The Hall–Kier alpha value is -1.46. The molecule has 5 nitrogen and oxygen atoms in total. The van der Waals surface area contributed by atoms with Crippen LogP contribution in [0.3, 0.4) is 0 Å². The van der Waals surface area contributed by atoms with Crippen LogP contribution in [-0.4, -0.2) is 55.1 Å². The van der Waals surface area contributed by atoms with Crippen molar-refractivity contribution in [3.63, 3.8) is 0 Å². The van der Waals surface area contributed by atoms with Crippen molar-refractivity contribution in [2.24, 2.45) is 11.8 Å². The van der Waals surface area contributed by atoms with Gasteiger partial charge in [-0.15, -0.1) is 0 Å². The number of nitrogens with zero attached hydrogens (tertiary/aromatic N) is 1.